The fraction of sp³-hybridized carbons (Fsp3) is 0.800. The molecular weight excluding hydrogens is 255 g/mol. The molecular formula is C10H12F3NO4. The van der Waals surface area contributed by atoms with Crippen molar-refractivity contribution in [3.63, 3.8) is 0 Å². The number of aliphatic carboxylic acids is 1. The summed E-state index contributed by atoms with van der Waals surface area (Å²) in [4.78, 5) is 22.5. The highest BCUT2D eigenvalue weighted by Crippen LogP contribution is 2.33. The number of fused-ring (bicyclic) bond motifs is 1. The SMILES string of the molecule is O=C(O)[C@H]1CC[C@@H]2CN(C(=O)C(F)(F)F)C[C@H]2O1. The summed E-state index contributed by atoms with van der Waals surface area (Å²) in [5.41, 5.74) is 0. The minimum Gasteiger partial charge on any atom is -0.479 e. The molecule has 1 amide bonds. The van der Waals surface area contributed by atoms with Gasteiger partial charge >= 0.3 is 18.1 Å². The fourth-order valence-electron chi connectivity index (χ4n) is 2.44. The summed E-state index contributed by atoms with van der Waals surface area (Å²) < 4.78 is 42.0. The summed E-state index contributed by atoms with van der Waals surface area (Å²) in [5, 5.41) is 8.78. The lowest BCUT2D eigenvalue weighted by Gasteiger charge is -2.28. The van der Waals surface area contributed by atoms with E-state index in [1.165, 1.54) is 0 Å². The summed E-state index contributed by atoms with van der Waals surface area (Å²) in [7, 11) is 0. The number of likely N-dealkylation sites (tertiary alicyclic amines) is 1. The fourth-order valence-corrected chi connectivity index (χ4v) is 2.44. The Labute approximate surface area is 100 Å². The molecule has 18 heavy (non-hydrogen) atoms. The van der Waals surface area contributed by atoms with E-state index in [1.54, 1.807) is 0 Å². The van der Waals surface area contributed by atoms with Crippen molar-refractivity contribution in [2.45, 2.75) is 31.2 Å². The van der Waals surface area contributed by atoms with Crippen LogP contribution in [0.5, 0.6) is 0 Å². The molecule has 0 unspecified atom stereocenters. The topological polar surface area (TPSA) is 66.8 Å². The summed E-state index contributed by atoms with van der Waals surface area (Å²) in [5.74, 6) is -3.20. The Balaban J connectivity index is 2.00. The molecule has 2 fully saturated rings. The van der Waals surface area contributed by atoms with Gasteiger partial charge in [0.15, 0.2) is 6.10 Å². The molecule has 8 heteroatoms. The number of nitrogens with zero attached hydrogens (tertiary/aromatic N) is 1. The summed E-state index contributed by atoms with van der Waals surface area (Å²) in [6, 6.07) is 0. The third-order valence-corrected chi connectivity index (χ3v) is 3.32. The predicted molar refractivity (Wildman–Crippen MR) is 51.7 cm³/mol. The molecule has 3 atom stereocenters. The number of rotatable bonds is 1. The molecule has 0 spiro atoms. The van der Waals surface area contributed by atoms with Gasteiger partial charge in [-0.1, -0.05) is 0 Å². The standard InChI is InChI=1S/C10H12F3NO4/c11-10(12,13)9(17)14-3-5-1-2-6(8(15)16)18-7(5)4-14/h5-7H,1-4H2,(H,15,16)/t5-,6-,7-/m1/s1. The maximum Gasteiger partial charge on any atom is 0.471 e. The Morgan fingerprint density at radius 2 is 1.89 bits per heavy atom. The number of carbonyl (C=O) groups is 2. The molecule has 102 valence electrons. The van der Waals surface area contributed by atoms with E-state index in [-0.39, 0.29) is 25.4 Å². The maximum absolute atomic E-state index is 12.3. The van der Waals surface area contributed by atoms with Crippen LogP contribution in [0.15, 0.2) is 0 Å². The number of hydrogen-bond acceptors (Lipinski definition) is 3. The first kappa shape index (κ1) is 13.1. The van der Waals surface area contributed by atoms with Gasteiger partial charge < -0.3 is 14.7 Å². The Morgan fingerprint density at radius 1 is 1.22 bits per heavy atom. The second-order valence-electron chi connectivity index (χ2n) is 4.55. The Kier molecular flexibility index (Phi) is 3.22. The zero-order chi connectivity index (χ0) is 13.5. The smallest absolute Gasteiger partial charge is 0.471 e. The first-order valence-electron chi connectivity index (χ1n) is 5.53. The van der Waals surface area contributed by atoms with Gasteiger partial charge in [-0.3, -0.25) is 4.79 Å². The van der Waals surface area contributed by atoms with E-state index in [2.05, 4.69) is 0 Å². The molecule has 0 aromatic carbocycles. The van der Waals surface area contributed by atoms with E-state index in [9.17, 15) is 22.8 Å². The van der Waals surface area contributed by atoms with Crippen molar-refractivity contribution in [2.75, 3.05) is 13.1 Å². The van der Waals surface area contributed by atoms with Gasteiger partial charge in [0.05, 0.1) is 6.10 Å². The van der Waals surface area contributed by atoms with Gasteiger partial charge in [0.2, 0.25) is 0 Å². The Morgan fingerprint density at radius 3 is 2.44 bits per heavy atom. The molecule has 0 bridgehead atoms. The van der Waals surface area contributed by atoms with E-state index in [1.807, 2.05) is 0 Å². The second-order valence-corrected chi connectivity index (χ2v) is 4.55. The number of halogens is 3. The summed E-state index contributed by atoms with van der Waals surface area (Å²) in [6.45, 7) is -0.206. The highest BCUT2D eigenvalue weighted by atomic mass is 19.4. The van der Waals surface area contributed by atoms with Gasteiger partial charge in [-0.25, -0.2) is 4.79 Å². The van der Waals surface area contributed by atoms with Crippen LogP contribution in [0.3, 0.4) is 0 Å². The van der Waals surface area contributed by atoms with Gasteiger partial charge in [-0.2, -0.15) is 13.2 Å². The largest absolute Gasteiger partial charge is 0.479 e. The van der Waals surface area contributed by atoms with Crippen molar-refractivity contribution in [1.29, 1.82) is 0 Å². The minimum absolute atomic E-state index is 0.0185. The molecule has 2 aliphatic rings. The normalized spacial score (nSPS) is 32.2. The minimum atomic E-state index is -4.89. The first-order valence-corrected chi connectivity index (χ1v) is 5.53. The number of carbonyl (C=O) groups excluding carboxylic acids is 1. The van der Waals surface area contributed by atoms with E-state index >= 15 is 0 Å². The monoisotopic (exact) mass is 267 g/mol. The number of carboxylic acid groups (broad SMARTS) is 1. The van der Waals surface area contributed by atoms with Crippen LogP contribution < -0.4 is 0 Å². The lowest BCUT2D eigenvalue weighted by Crippen LogP contribution is -2.41. The second kappa shape index (κ2) is 4.42. The zero-order valence-electron chi connectivity index (χ0n) is 9.31. The van der Waals surface area contributed by atoms with Gasteiger partial charge in [0.1, 0.15) is 0 Å². The molecule has 1 N–H and O–H groups in total. The molecule has 0 aromatic rings. The van der Waals surface area contributed by atoms with Gasteiger partial charge in [0, 0.05) is 19.0 Å². The van der Waals surface area contributed by atoms with Crippen LogP contribution >= 0.6 is 0 Å². The molecule has 0 saturated carbocycles. The van der Waals surface area contributed by atoms with Crippen molar-refractivity contribution in [3.8, 4) is 0 Å². The van der Waals surface area contributed by atoms with Crippen molar-refractivity contribution in [3.05, 3.63) is 0 Å². The number of ether oxygens (including phenoxy) is 1. The van der Waals surface area contributed by atoms with E-state index in [4.69, 9.17) is 9.84 Å². The van der Waals surface area contributed by atoms with Crippen LogP contribution in [0, 0.1) is 5.92 Å². The first-order chi connectivity index (χ1) is 8.29. The van der Waals surface area contributed by atoms with Crippen molar-refractivity contribution in [1.82, 2.24) is 4.90 Å². The van der Waals surface area contributed by atoms with Crippen LogP contribution in [-0.4, -0.2) is 53.4 Å². The van der Waals surface area contributed by atoms with Crippen LogP contribution in [0.4, 0.5) is 13.2 Å². The quantitative estimate of drug-likeness (QED) is 0.757. The maximum atomic E-state index is 12.3. The molecule has 2 rings (SSSR count). The lowest BCUT2D eigenvalue weighted by atomic mass is 9.94. The van der Waals surface area contributed by atoms with Gasteiger partial charge in [-0.05, 0) is 12.8 Å². The Bertz CT molecular complexity index is 371. The average molecular weight is 267 g/mol. The molecule has 5 nitrogen and oxygen atoms in total. The van der Waals surface area contributed by atoms with Gasteiger partial charge in [0.25, 0.3) is 0 Å². The van der Waals surface area contributed by atoms with Crippen LogP contribution in [0.2, 0.25) is 0 Å². The molecule has 2 heterocycles. The molecule has 2 saturated heterocycles. The van der Waals surface area contributed by atoms with Crippen LogP contribution in [0.25, 0.3) is 0 Å². The van der Waals surface area contributed by atoms with Crippen molar-refractivity contribution >= 4 is 11.9 Å². The van der Waals surface area contributed by atoms with Crippen LogP contribution in [0.1, 0.15) is 12.8 Å². The summed E-state index contributed by atoms with van der Waals surface area (Å²) >= 11 is 0. The predicted octanol–water partition coefficient (Wildman–Crippen LogP) is 0.639. The third-order valence-electron chi connectivity index (χ3n) is 3.32. The van der Waals surface area contributed by atoms with Crippen molar-refractivity contribution in [2.24, 2.45) is 5.92 Å². The van der Waals surface area contributed by atoms with Crippen LogP contribution in [-0.2, 0) is 14.3 Å². The number of carboxylic acids is 1. The van der Waals surface area contributed by atoms with Crippen molar-refractivity contribution < 1.29 is 32.6 Å². The number of alkyl halides is 3. The van der Waals surface area contributed by atoms with Gasteiger partial charge in [-0.15, -0.1) is 0 Å². The molecule has 0 aliphatic carbocycles. The highest BCUT2D eigenvalue weighted by molar-refractivity contribution is 5.82. The highest BCUT2D eigenvalue weighted by Gasteiger charge is 2.49. The molecule has 0 aromatic heterocycles. The number of amides is 1. The number of hydrogen-bond donors (Lipinski definition) is 1. The molecule has 0 radical (unpaired) electrons. The Hall–Kier alpha value is -1.31. The van der Waals surface area contributed by atoms with E-state index < -0.39 is 30.3 Å². The van der Waals surface area contributed by atoms with E-state index in [0.717, 1.165) is 0 Å². The average Bonchev–Trinajstić information content (AvgIpc) is 2.68. The van der Waals surface area contributed by atoms with E-state index in [0.29, 0.717) is 11.3 Å². The summed E-state index contributed by atoms with van der Waals surface area (Å²) in [6.07, 6.45) is -5.74. The lowest BCUT2D eigenvalue weighted by molar-refractivity contribution is -0.185. The molecule has 2 aliphatic heterocycles. The zero-order valence-corrected chi connectivity index (χ0v) is 9.31. The third kappa shape index (κ3) is 2.43.